The van der Waals surface area contributed by atoms with Crippen LogP contribution in [0.4, 0.5) is 11.4 Å². The van der Waals surface area contributed by atoms with Crippen LogP contribution in [0.15, 0.2) is 23.3 Å². The largest absolute Gasteiger partial charge is 0.331 e. The van der Waals surface area contributed by atoms with E-state index < -0.39 is 0 Å². The van der Waals surface area contributed by atoms with Crippen LogP contribution in [0.3, 0.4) is 0 Å². The summed E-state index contributed by atoms with van der Waals surface area (Å²) in [6, 6.07) is 6.24. The topological polar surface area (TPSA) is 38.5 Å². The molecule has 0 atom stereocenters. The summed E-state index contributed by atoms with van der Waals surface area (Å²) in [7, 11) is 0. The molecule has 0 aliphatic carbocycles. The molecular formula is C12H17N3+. The van der Waals surface area contributed by atoms with Gasteiger partial charge in [0.15, 0.2) is 5.69 Å². The minimum Gasteiger partial charge on any atom is -0.0687 e. The number of hydrogen-bond donors (Lipinski definition) is 1. The Morgan fingerprint density at radius 1 is 1.27 bits per heavy atom. The first-order valence-electron chi connectivity index (χ1n) is 5.70. The van der Waals surface area contributed by atoms with Crippen molar-refractivity contribution in [3.63, 3.8) is 0 Å². The monoisotopic (exact) mass is 203 g/mol. The van der Waals surface area contributed by atoms with Gasteiger partial charge in [0.2, 0.25) is 0 Å². The zero-order chi connectivity index (χ0) is 10.5. The van der Waals surface area contributed by atoms with Crippen LogP contribution in [0.25, 0.3) is 0 Å². The highest BCUT2D eigenvalue weighted by atomic mass is 15.5. The maximum Gasteiger partial charge on any atom is 0.331 e. The number of rotatable bonds is 5. The number of fused-ring (bicyclic) bond motifs is 1. The molecule has 0 unspecified atom stereocenters. The first-order valence-corrected chi connectivity index (χ1v) is 5.70. The summed E-state index contributed by atoms with van der Waals surface area (Å²) in [5.74, 6) is 0. The molecular weight excluding hydrogens is 186 g/mol. The first-order chi connectivity index (χ1) is 7.42. The van der Waals surface area contributed by atoms with E-state index in [1.807, 2.05) is 6.07 Å². The molecule has 2 rings (SSSR count). The van der Waals surface area contributed by atoms with Gasteiger partial charge in [0, 0.05) is 0 Å². The quantitative estimate of drug-likeness (QED) is 0.730. The minimum atomic E-state index is 1.04. The fourth-order valence-corrected chi connectivity index (χ4v) is 1.87. The van der Waals surface area contributed by atoms with E-state index in [-0.39, 0.29) is 0 Å². The summed E-state index contributed by atoms with van der Waals surface area (Å²) in [4.78, 5) is 0. The van der Waals surface area contributed by atoms with Gasteiger partial charge in [-0.2, -0.15) is 0 Å². The summed E-state index contributed by atoms with van der Waals surface area (Å²) >= 11 is 0. The average molecular weight is 203 g/mol. The lowest BCUT2D eigenvalue weighted by Crippen LogP contribution is -1.92. The Bertz CT molecular complexity index is 358. The predicted molar refractivity (Wildman–Crippen MR) is 62.1 cm³/mol. The van der Waals surface area contributed by atoms with Gasteiger partial charge in [-0.3, -0.25) is 0 Å². The van der Waals surface area contributed by atoms with Crippen molar-refractivity contribution in [3.05, 3.63) is 23.8 Å². The summed E-state index contributed by atoms with van der Waals surface area (Å²) in [5, 5.41) is 7.94. The molecule has 0 saturated carbocycles. The third-order valence-corrected chi connectivity index (χ3v) is 2.74. The molecule has 1 N–H and O–H groups in total. The van der Waals surface area contributed by atoms with E-state index in [4.69, 9.17) is 0 Å². The molecule has 0 bridgehead atoms. The second kappa shape index (κ2) is 4.91. The van der Waals surface area contributed by atoms with Gasteiger partial charge in [0.05, 0.1) is 0 Å². The van der Waals surface area contributed by atoms with E-state index in [1.165, 1.54) is 31.2 Å². The van der Waals surface area contributed by atoms with E-state index in [1.54, 1.807) is 0 Å². The van der Waals surface area contributed by atoms with Gasteiger partial charge in [-0.15, -0.1) is 0 Å². The Morgan fingerprint density at radius 3 is 3.07 bits per heavy atom. The van der Waals surface area contributed by atoms with Gasteiger partial charge in [0.1, 0.15) is 10.8 Å². The van der Waals surface area contributed by atoms with Crippen molar-refractivity contribution in [2.75, 3.05) is 5.43 Å². The van der Waals surface area contributed by atoms with Crippen LogP contribution in [0.2, 0.25) is 0 Å². The highest BCUT2D eigenvalue weighted by Gasteiger charge is 2.19. The Morgan fingerprint density at radius 2 is 2.20 bits per heavy atom. The Kier molecular flexibility index (Phi) is 3.33. The SMILES string of the molecule is CCCCCCc1cccc2c1N=[N+]N2. The summed E-state index contributed by atoms with van der Waals surface area (Å²) in [5.41, 5.74) is 6.30. The molecule has 15 heavy (non-hydrogen) atoms. The first kappa shape index (κ1) is 10.1. The molecule has 1 aliphatic heterocycles. The number of anilines is 1. The van der Waals surface area contributed by atoms with Crippen LogP contribution in [-0.4, -0.2) is 0 Å². The molecule has 79 valence electrons. The lowest BCUT2D eigenvalue weighted by atomic mass is 10.0. The van der Waals surface area contributed by atoms with E-state index >= 15 is 0 Å². The number of aryl methyl sites for hydroxylation is 1. The molecule has 0 amide bonds. The zero-order valence-corrected chi connectivity index (χ0v) is 9.16. The van der Waals surface area contributed by atoms with E-state index in [9.17, 15) is 0 Å². The van der Waals surface area contributed by atoms with Crippen LogP contribution >= 0.6 is 0 Å². The highest BCUT2D eigenvalue weighted by molar-refractivity contribution is 5.70. The summed E-state index contributed by atoms with van der Waals surface area (Å²) < 4.78 is 0. The standard InChI is InChI=1S/C12H17N3/c1-2-3-4-5-7-10-8-6-9-11-12(10)14-15-13-11/h6,8-9H,2-5,7H2,1H3,(H,13,14)/q+1. The fraction of sp³-hybridized carbons (Fsp3) is 0.500. The van der Waals surface area contributed by atoms with Crippen molar-refractivity contribution in [2.24, 2.45) is 5.11 Å². The normalized spacial score (nSPS) is 12.6. The predicted octanol–water partition coefficient (Wildman–Crippen LogP) is 3.57. The van der Waals surface area contributed by atoms with Crippen molar-refractivity contribution in [1.29, 1.82) is 0 Å². The Balaban J connectivity index is 1.97. The molecule has 1 aromatic rings. The maximum absolute atomic E-state index is 4.11. The van der Waals surface area contributed by atoms with E-state index in [0.29, 0.717) is 0 Å². The Labute approximate surface area is 90.6 Å². The molecule has 1 aliphatic rings. The van der Waals surface area contributed by atoms with Crippen LogP contribution in [0.5, 0.6) is 0 Å². The number of hydrogen-bond acceptors (Lipinski definition) is 3. The second-order valence-electron chi connectivity index (χ2n) is 3.94. The van der Waals surface area contributed by atoms with Gasteiger partial charge in [0.25, 0.3) is 0 Å². The third-order valence-electron chi connectivity index (χ3n) is 2.74. The number of nitrogens with one attached hydrogen (secondary N) is 1. The molecule has 0 fully saturated rings. The second-order valence-corrected chi connectivity index (χ2v) is 3.94. The molecule has 0 aromatic heterocycles. The van der Waals surface area contributed by atoms with Gasteiger partial charge in [-0.05, 0) is 24.5 Å². The average Bonchev–Trinajstić information content (AvgIpc) is 2.73. The molecule has 0 saturated heterocycles. The lowest BCUT2D eigenvalue weighted by Gasteiger charge is -2.02. The van der Waals surface area contributed by atoms with Crippen molar-refractivity contribution in [3.8, 4) is 0 Å². The van der Waals surface area contributed by atoms with Crippen molar-refractivity contribution in [1.82, 2.24) is 5.22 Å². The molecule has 3 heteroatoms. The minimum absolute atomic E-state index is 1.04. The van der Waals surface area contributed by atoms with Crippen LogP contribution in [0, 0.1) is 0 Å². The van der Waals surface area contributed by atoms with Gasteiger partial charge in [-0.25, -0.2) is 0 Å². The van der Waals surface area contributed by atoms with Crippen LogP contribution in [0.1, 0.15) is 38.2 Å². The van der Waals surface area contributed by atoms with Crippen molar-refractivity contribution < 1.29 is 0 Å². The van der Waals surface area contributed by atoms with Crippen LogP contribution in [-0.2, 0) is 6.42 Å². The molecule has 3 nitrogen and oxygen atoms in total. The van der Waals surface area contributed by atoms with Crippen molar-refractivity contribution >= 4 is 11.4 Å². The fourth-order valence-electron chi connectivity index (χ4n) is 1.87. The van der Waals surface area contributed by atoms with E-state index in [2.05, 4.69) is 34.8 Å². The molecule has 1 radical (unpaired) electrons. The Hall–Kier alpha value is -1.38. The van der Waals surface area contributed by atoms with Gasteiger partial charge in [-0.1, -0.05) is 43.7 Å². The van der Waals surface area contributed by atoms with Crippen LogP contribution < -0.4 is 10.6 Å². The number of nitrogens with zero attached hydrogens (tertiary/aromatic N) is 2. The highest BCUT2D eigenvalue weighted by Crippen LogP contribution is 2.32. The maximum atomic E-state index is 4.11. The van der Waals surface area contributed by atoms with E-state index in [0.717, 1.165) is 17.8 Å². The van der Waals surface area contributed by atoms with Crippen molar-refractivity contribution in [2.45, 2.75) is 39.0 Å². The number of benzene rings is 1. The third kappa shape index (κ3) is 2.35. The number of unbranched alkanes of at least 4 members (excludes halogenated alkanes) is 3. The summed E-state index contributed by atoms with van der Waals surface area (Å²) in [6.07, 6.45) is 6.29. The molecule has 0 spiro atoms. The van der Waals surface area contributed by atoms with Gasteiger partial charge < -0.3 is 0 Å². The lowest BCUT2D eigenvalue weighted by molar-refractivity contribution is 0.667. The van der Waals surface area contributed by atoms with Gasteiger partial charge >= 0.3 is 5.22 Å². The molecule has 1 aromatic carbocycles. The summed E-state index contributed by atoms with van der Waals surface area (Å²) in [6.45, 7) is 2.23. The zero-order valence-electron chi connectivity index (χ0n) is 9.16. The molecule has 1 heterocycles. The smallest absolute Gasteiger partial charge is 0.0687 e.